The van der Waals surface area contributed by atoms with Gasteiger partial charge in [-0.1, -0.05) is 6.92 Å². The average molecular weight is 297 g/mol. The standard InChI is InChI=1S/C11H18F3N3O3/c1-2-3-15-9(18)8-6-20-5-4-17(8)10(19)16-7-11(12,13)14/h8H,2-7H2,1H3,(H,15,18)(H,16,19). The second kappa shape index (κ2) is 7.32. The summed E-state index contributed by atoms with van der Waals surface area (Å²) in [6.07, 6.45) is -3.76. The highest BCUT2D eigenvalue weighted by molar-refractivity contribution is 5.87. The molecule has 0 saturated carbocycles. The number of rotatable bonds is 4. The highest BCUT2D eigenvalue weighted by Crippen LogP contribution is 2.13. The molecule has 2 N–H and O–H groups in total. The van der Waals surface area contributed by atoms with Gasteiger partial charge in [-0.2, -0.15) is 13.2 Å². The topological polar surface area (TPSA) is 70.7 Å². The fourth-order valence-corrected chi connectivity index (χ4v) is 1.71. The molecule has 20 heavy (non-hydrogen) atoms. The predicted octanol–water partition coefficient (Wildman–Crippen LogP) is 0.485. The van der Waals surface area contributed by atoms with Crippen LogP contribution in [0.3, 0.4) is 0 Å². The van der Waals surface area contributed by atoms with Gasteiger partial charge >= 0.3 is 12.2 Å². The maximum atomic E-state index is 12.1. The number of hydrogen-bond acceptors (Lipinski definition) is 3. The molecule has 116 valence electrons. The van der Waals surface area contributed by atoms with Crippen LogP contribution in [0.5, 0.6) is 0 Å². The quantitative estimate of drug-likeness (QED) is 0.793. The Labute approximate surface area is 114 Å². The summed E-state index contributed by atoms with van der Waals surface area (Å²) in [5.74, 6) is -0.422. The lowest BCUT2D eigenvalue weighted by molar-refractivity contribution is -0.131. The molecule has 0 spiro atoms. The monoisotopic (exact) mass is 297 g/mol. The van der Waals surface area contributed by atoms with Gasteiger partial charge in [-0.25, -0.2) is 4.79 Å². The van der Waals surface area contributed by atoms with Gasteiger partial charge in [-0.05, 0) is 6.42 Å². The Morgan fingerprint density at radius 1 is 1.35 bits per heavy atom. The molecule has 3 amide bonds. The van der Waals surface area contributed by atoms with Crippen LogP contribution in [-0.4, -0.2) is 61.9 Å². The van der Waals surface area contributed by atoms with E-state index in [1.165, 1.54) is 0 Å². The molecule has 1 saturated heterocycles. The van der Waals surface area contributed by atoms with Crippen molar-refractivity contribution in [2.24, 2.45) is 0 Å². The van der Waals surface area contributed by atoms with Crippen LogP contribution >= 0.6 is 0 Å². The van der Waals surface area contributed by atoms with Crippen LogP contribution < -0.4 is 10.6 Å². The predicted molar refractivity (Wildman–Crippen MR) is 64.1 cm³/mol. The van der Waals surface area contributed by atoms with Crippen LogP contribution in [0.1, 0.15) is 13.3 Å². The van der Waals surface area contributed by atoms with Crippen molar-refractivity contribution in [3.63, 3.8) is 0 Å². The van der Waals surface area contributed by atoms with Crippen molar-refractivity contribution < 1.29 is 27.5 Å². The SMILES string of the molecule is CCCNC(=O)C1COCCN1C(=O)NCC(F)(F)F. The molecule has 0 aromatic heterocycles. The maximum Gasteiger partial charge on any atom is 0.405 e. The Kier molecular flexibility index (Phi) is 6.05. The molecule has 1 rings (SSSR count). The van der Waals surface area contributed by atoms with Gasteiger partial charge in [0.1, 0.15) is 12.6 Å². The molecular formula is C11H18F3N3O3. The number of nitrogens with zero attached hydrogens (tertiary/aromatic N) is 1. The second-order valence-corrected chi connectivity index (χ2v) is 4.35. The maximum absolute atomic E-state index is 12.1. The minimum atomic E-state index is -4.48. The fraction of sp³-hybridized carbons (Fsp3) is 0.818. The van der Waals surface area contributed by atoms with Crippen molar-refractivity contribution >= 4 is 11.9 Å². The molecule has 1 fully saturated rings. The Morgan fingerprint density at radius 3 is 2.65 bits per heavy atom. The summed E-state index contributed by atoms with van der Waals surface area (Å²) in [6, 6.07) is -1.81. The van der Waals surface area contributed by atoms with Gasteiger partial charge in [0.2, 0.25) is 5.91 Å². The van der Waals surface area contributed by atoms with E-state index in [1.807, 2.05) is 6.92 Å². The number of carbonyl (C=O) groups is 2. The molecule has 0 aromatic rings. The van der Waals surface area contributed by atoms with E-state index in [9.17, 15) is 22.8 Å². The lowest BCUT2D eigenvalue weighted by atomic mass is 10.2. The smallest absolute Gasteiger partial charge is 0.377 e. The number of nitrogens with one attached hydrogen (secondary N) is 2. The Balaban J connectivity index is 2.59. The number of halogens is 3. The minimum Gasteiger partial charge on any atom is -0.377 e. The highest BCUT2D eigenvalue weighted by Gasteiger charge is 2.35. The molecule has 0 radical (unpaired) electrons. The molecule has 9 heteroatoms. The molecule has 1 aliphatic rings. The van der Waals surface area contributed by atoms with E-state index in [1.54, 1.807) is 5.32 Å². The average Bonchev–Trinajstić information content (AvgIpc) is 2.41. The summed E-state index contributed by atoms with van der Waals surface area (Å²) in [7, 11) is 0. The normalized spacial score (nSPS) is 19.6. The molecule has 0 bridgehead atoms. The summed E-state index contributed by atoms with van der Waals surface area (Å²) >= 11 is 0. The largest absolute Gasteiger partial charge is 0.405 e. The summed E-state index contributed by atoms with van der Waals surface area (Å²) in [5.41, 5.74) is 0. The Morgan fingerprint density at radius 2 is 2.05 bits per heavy atom. The molecule has 1 atom stereocenters. The number of amides is 3. The first-order valence-electron chi connectivity index (χ1n) is 6.32. The van der Waals surface area contributed by atoms with Crippen molar-refractivity contribution in [1.29, 1.82) is 0 Å². The molecular weight excluding hydrogens is 279 g/mol. The zero-order valence-electron chi connectivity index (χ0n) is 11.1. The third-order valence-corrected chi connectivity index (χ3v) is 2.68. The number of morpholine rings is 1. The number of ether oxygens (including phenoxy) is 1. The van der Waals surface area contributed by atoms with Crippen molar-refractivity contribution in [1.82, 2.24) is 15.5 Å². The van der Waals surface area contributed by atoms with Crippen LogP contribution in [-0.2, 0) is 9.53 Å². The van der Waals surface area contributed by atoms with Crippen LogP contribution in [0.2, 0.25) is 0 Å². The summed E-state index contributed by atoms with van der Waals surface area (Å²) in [6.45, 7) is 1.13. The molecule has 0 aromatic carbocycles. The van der Waals surface area contributed by atoms with Gasteiger partial charge in [0, 0.05) is 13.1 Å². The van der Waals surface area contributed by atoms with Crippen LogP contribution in [0, 0.1) is 0 Å². The zero-order chi connectivity index (χ0) is 15.2. The van der Waals surface area contributed by atoms with Gasteiger partial charge in [0.15, 0.2) is 0 Å². The van der Waals surface area contributed by atoms with Crippen molar-refractivity contribution in [2.75, 3.05) is 32.8 Å². The van der Waals surface area contributed by atoms with Gasteiger partial charge in [0.05, 0.1) is 13.2 Å². The molecule has 0 aliphatic carbocycles. The summed E-state index contributed by atoms with van der Waals surface area (Å²) < 4.78 is 41.3. The molecule has 1 aliphatic heterocycles. The summed E-state index contributed by atoms with van der Waals surface area (Å²) in [5, 5.41) is 4.36. The van der Waals surface area contributed by atoms with Crippen LogP contribution in [0.15, 0.2) is 0 Å². The highest BCUT2D eigenvalue weighted by atomic mass is 19.4. The van der Waals surface area contributed by atoms with E-state index >= 15 is 0 Å². The van der Waals surface area contributed by atoms with Gasteiger partial charge in [0.25, 0.3) is 0 Å². The minimum absolute atomic E-state index is 0.0189. The van der Waals surface area contributed by atoms with Crippen molar-refractivity contribution in [3.05, 3.63) is 0 Å². The van der Waals surface area contributed by atoms with Crippen molar-refractivity contribution in [2.45, 2.75) is 25.6 Å². The van der Waals surface area contributed by atoms with E-state index in [4.69, 9.17) is 4.74 Å². The van der Waals surface area contributed by atoms with E-state index in [2.05, 4.69) is 5.32 Å². The van der Waals surface area contributed by atoms with E-state index < -0.39 is 30.7 Å². The van der Waals surface area contributed by atoms with Gasteiger partial charge in [-0.3, -0.25) is 4.79 Å². The van der Waals surface area contributed by atoms with Gasteiger partial charge in [-0.15, -0.1) is 0 Å². The third-order valence-electron chi connectivity index (χ3n) is 2.68. The van der Waals surface area contributed by atoms with E-state index in [0.717, 1.165) is 11.3 Å². The molecule has 1 unspecified atom stereocenters. The summed E-state index contributed by atoms with van der Waals surface area (Å²) in [4.78, 5) is 24.6. The van der Waals surface area contributed by atoms with E-state index in [-0.39, 0.29) is 19.8 Å². The number of urea groups is 1. The van der Waals surface area contributed by atoms with Crippen molar-refractivity contribution in [3.8, 4) is 0 Å². The first-order valence-corrected chi connectivity index (χ1v) is 6.32. The lowest BCUT2D eigenvalue weighted by Crippen LogP contribution is -2.59. The zero-order valence-corrected chi connectivity index (χ0v) is 11.1. The molecule has 6 nitrogen and oxygen atoms in total. The van der Waals surface area contributed by atoms with Crippen LogP contribution in [0.25, 0.3) is 0 Å². The Bertz CT molecular complexity index is 350. The van der Waals surface area contributed by atoms with E-state index in [0.29, 0.717) is 6.54 Å². The number of alkyl halides is 3. The molecule has 1 heterocycles. The second-order valence-electron chi connectivity index (χ2n) is 4.35. The number of hydrogen-bond donors (Lipinski definition) is 2. The number of carbonyl (C=O) groups excluding carboxylic acids is 2. The third kappa shape index (κ3) is 5.24. The van der Waals surface area contributed by atoms with Gasteiger partial charge < -0.3 is 20.3 Å². The first-order chi connectivity index (χ1) is 9.35. The lowest BCUT2D eigenvalue weighted by Gasteiger charge is -2.34. The first kappa shape index (κ1) is 16.5. The Hall–Kier alpha value is -1.51. The fourth-order valence-electron chi connectivity index (χ4n) is 1.71. The van der Waals surface area contributed by atoms with Crippen LogP contribution in [0.4, 0.5) is 18.0 Å².